The van der Waals surface area contributed by atoms with E-state index in [9.17, 15) is 10.1 Å². The second kappa shape index (κ2) is 11.7. The zero-order valence-corrected chi connectivity index (χ0v) is 23.3. The molecule has 4 nitrogen and oxygen atoms in total. The maximum atomic E-state index is 12.7. The lowest BCUT2D eigenvalue weighted by atomic mass is 10.1. The number of nitrogens with zero attached hydrogens (tertiary/aromatic N) is 1. The zero-order valence-electron chi connectivity index (χ0n) is 19.0. The lowest BCUT2D eigenvalue weighted by Gasteiger charge is -2.12. The fraction of sp³-hybridized carbons (Fsp3) is 0.103. The molecule has 4 aromatic carbocycles. The fourth-order valence-corrected chi connectivity index (χ4v) is 5.75. The Morgan fingerprint density at radius 3 is 2.26 bits per heavy atom. The molecule has 0 unspecified atom stereocenters. The third-order valence-electron chi connectivity index (χ3n) is 5.51. The smallest absolute Gasteiger partial charge is 0.266 e. The molecule has 4 aromatic rings. The fourth-order valence-electron chi connectivity index (χ4n) is 3.62. The van der Waals surface area contributed by atoms with E-state index in [0.717, 1.165) is 30.4 Å². The van der Waals surface area contributed by atoms with E-state index in [1.165, 1.54) is 16.3 Å². The first kappa shape index (κ1) is 25.2. The zero-order chi connectivity index (χ0) is 24.8. The Morgan fingerprint density at radius 1 is 0.943 bits per heavy atom. The number of rotatable bonds is 7. The van der Waals surface area contributed by atoms with Crippen molar-refractivity contribution in [3.05, 3.63) is 108 Å². The van der Waals surface area contributed by atoms with Gasteiger partial charge in [0.2, 0.25) is 0 Å². The third-order valence-corrected chi connectivity index (χ3v) is 7.12. The SMILES string of the molecule is CCc1ccc(NC(=O)C(C#N)=Cc2cc(I)c(OCc3ccc4ccccc4c3)c(I)c2)cc1. The van der Waals surface area contributed by atoms with Gasteiger partial charge in [-0.05, 0) is 115 Å². The van der Waals surface area contributed by atoms with Crippen molar-refractivity contribution in [2.24, 2.45) is 0 Å². The van der Waals surface area contributed by atoms with Gasteiger partial charge < -0.3 is 10.1 Å². The molecule has 0 heterocycles. The second-order valence-electron chi connectivity index (χ2n) is 7.96. The molecular weight excluding hydrogens is 662 g/mol. The van der Waals surface area contributed by atoms with Crippen LogP contribution in [0.4, 0.5) is 5.69 Å². The van der Waals surface area contributed by atoms with Crippen molar-refractivity contribution in [3.8, 4) is 11.8 Å². The molecule has 0 saturated carbocycles. The van der Waals surface area contributed by atoms with E-state index >= 15 is 0 Å². The number of anilines is 1. The molecule has 35 heavy (non-hydrogen) atoms. The summed E-state index contributed by atoms with van der Waals surface area (Å²) in [4.78, 5) is 12.7. The number of nitriles is 1. The van der Waals surface area contributed by atoms with Gasteiger partial charge in [0.05, 0.1) is 7.14 Å². The van der Waals surface area contributed by atoms with Gasteiger partial charge in [-0.15, -0.1) is 0 Å². The summed E-state index contributed by atoms with van der Waals surface area (Å²) in [6.07, 6.45) is 2.53. The highest BCUT2D eigenvalue weighted by Gasteiger charge is 2.13. The van der Waals surface area contributed by atoms with Crippen molar-refractivity contribution in [1.82, 2.24) is 0 Å². The summed E-state index contributed by atoms with van der Waals surface area (Å²) in [7, 11) is 0. The number of benzene rings is 4. The van der Waals surface area contributed by atoms with Crippen LogP contribution in [0.3, 0.4) is 0 Å². The number of amides is 1. The molecule has 0 bridgehead atoms. The Labute approximate surface area is 232 Å². The summed E-state index contributed by atoms with van der Waals surface area (Å²) in [5.74, 6) is 0.355. The largest absolute Gasteiger partial charge is 0.487 e. The van der Waals surface area contributed by atoms with Crippen LogP contribution in [-0.2, 0) is 17.8 Å². The second-order valence-corrected chi connectivity index (χ2v) is 10.3. The molecule has 1 amide bonds. The molecule has 0 aromatic heterocycles. The molecule has 0 radical (unpaired) electrons. The number of halogens is 2. The summed E-state index contributed by atoms with van der Waals surface area (Å²) in [6, 6.07) is 28.0. The van der Waals surface area contributed by atoms with Crippen molar-refractivity contribution in [1.29, 1.82) is 5.26 Å². The van der Waals surface area contributed by atoms with E-state index in [0.29, 0.717) is 12.3 Å². The molecule has 0 spiro atoms. The highest BCUT2D eigenvalue weighted by atomic mass is 127. The first-order chi connectivity index (χ1) is 17.0. The van der Waals surface area contributed by atoms with E-state index in [-0.39, 0.29) is 5.57 Å². The monoisotopic (exact) mass is 684 g/mol. The van der Waals surface area contributed by atoms with Gasteiger partial charge in [-0.2, -0.15) is 5.26 Å². The van der Waals surface area contributed by atoms with Gasteiger partial charge >= 0.3 is 0 Å². The summed E-state index contributed by atoms with van der Waals surface area (Å²) in [6.45, 7) is 2.53. The standard InChI is InChI=1S/C29H22I2N2O2/c1-2-19-8-11-25(12-9-19)33-29(34)24(17-32)14-21-15-26(30)28(27(31)16-21)35-18-20-7-10-22-5-3-4-6-23(22)13-20/h3-16H,2,18H2,1H3,(H,33,34). The number of ether oxygens (including phenoxy) is 1. The van der Waals surface area contributed by atoms with E-state index in [4.69, 9.17) is 4.74 Å². The van der Waals surface area contributed by atoms with Crippen LogP contribution in [0, 0.1) is 18.5 Å². The van der Waals surface area contributed by atoms with Gasteiger partial charge in [0.15, 0.2) is 0 Å². The number of aryl methyl sites for hydroxylation is 1. The number of hydrogen-bond donors (Lipinski definition) is 1. The molecule has 0 aliphatic rings. The third kappa shape index (κ3) is 6.41. The molecule has 6 heteroatoms. The molecule has 0 aliphatic heterocycles. The Morgan fingerprint density at radius 2 is 1.60 bits per heavy atom. The first-order valence-electron chi connectivity index (χ1n) is 11.1. The summed E-state index contributed by atoms with van der Waals surface area (Å²) < 4.78 is 7.98. The van der Waals surface area contributed by atoms with Crippen LogP contribution in [0.5, 0.6) is 5.75 Å². The molecule has 174 valence electrons. The van der Waals surface area contributed by atoms with Gasteiger partial charge in [-0.1, -0.05) is 55.5 Å². The quantitative estimate of drug-likeness (QED) is 0.123. The Hall–Kier alpha value is -2.90. The first-order valence-corrected chi connectivity index (χ1v) is 13.2. The highest BCUT2D eigenvalue weighted by Crippen LogP contribution is 2.31. The maximum Gasteiger partial charge on any atom is 0.266 e. The minimum atomic E-state index is -0.432. The lowest BCUT2D eigenvalue weighted by molar-refractivity contribution is -0.112. The normalized spacial score (nSPS) is 11.2. The molecule has 1 N–H and O–H groups in total. The van der Waals surface area contributed by atoms with Crippen molar-refractivity contribution in [2.45, 2.75) is 20.0 Å². The number of carbonyl (C=O) groups excluding carboxylic acids is 1. The highest BCUT2D eigenvalue weighted by molar-refractivity contribution is 14.1. The number of carbonyl (C=O) groups is 1. The van der Waals surface area contributed by atoms with Crippen molar-refractivity contribution >= 4 is 73.6 Å². The topological polar surface area (TPSA) is 62.1 Å². The van der Waals surface area contributed by atoms with Crippen LogP contribution < -0.4 is 10.1 Å². The van der Waals surface area contributed by atoms with Crippen molar-refractivity contribution in [3.63, 3.8) is 0 Å². The maximum absolute atomic E-state index is 12.7. The average Bonchev–Trinajstić information content (AvgIpc) is 2.87. The number of fused-ring (bicyclic) bond motifs is 1. The van der Waals surface area contributed by atoms with E-state index in [2.05, 4.69) is 87.8 Å². The predicted molar refractivity (Wildman–Crippen MR) is 158 cm³/mol. The van der Waals surface area contributed by atoms with Crippen molar-refractivity contribution < 1.29 is 9.53 Å². The number of hydrogen-bond acceptors (Lipinski definition) is 3. The predicted octanol–water partition coefficient (Wildman–Crippen LogP) is 7.74. The lowest BCUT2D eigenvalue weighted by Crippen LogP contribution is -2.13. The van der Waals surface area contributed by atoms with Crippen LogP contribution in [0.1, 0.15) is 23.6 Å². The molecular formula is C29H22I2N2O2. The van der Waals surface area contributed by atoms with Crippen LogP contribution in [0.15, 0.2) is 84.4 Å². The van der Waals surface area contributed by atoms with Crippen LogP contribution in [0.2, 0.25) is 0 Å². The summed E-state index contributed by atoms with van der Waals surface area (Å²) in [5.41, 5.74) is 3.75. The van der Waals surface area contributed by atoms with Crippen molar-refractivity contribution in [2.75, 3.05) is 5.32 Å². The van der Waals surface area contributed by atoms with Gasteiger partial charge in [-0.25, -0.2) is 0 Å². The molecule has 0 fully saturated rings. The summed E-state index contributed by atoms with van der Waals surface area (Å²) >= 11 is 4.45. The van der Waals surface area contributed by atoms with E-state index in [1.807, 2.05) is 54.6 Å². The Bertz CT molecular complexity index is 1430. The minimum absolute atomic E-state index is 0.0426. The van der Waals surface area contributed by atoms with Crippen LogP contribution >= 0.6 is 45.2 Å². The van der Waals surface area contributed by atoms with Crippen LogP contribution in [-0.4, -0.2) is 5.91 Å². The van der Waals surface area contributed by atoms with E-state index < -0.39 is 5.91 Å². The molecule has 4 rings (SSSR count). The average molecular weight is 684 g/mol. The molecule has 0 saturated heterocycles. The van der Waals surface area contributed by atoms with Crippen LogP contribution in [0.25, 0.3) is 16.8 Å². The molecule has 0 aliphatic carbocycles. The van der Waals surface area contributed by atoms with Gasteiger partial charge in [0.25, 0.3) is 5.91 Å². The molecule has 0 atom stereocenters. The minimum Gasteiger partial charge on any atom is -0.487 e. The Balaban J connectivity index is 1.48. The van der Waals surface area contributed by atoms with E-state index in [1.54, 1.807) is 6.08 Å². The Kier molecular flexibility index (Phi) is 8.42. The number of nitrogens with one attached hydrogen (secondary N) is 1. The summed E-state index contributed by atoms with van der Waals surface area (Å²) in [5, 5.41) is 14.8. The van der Waals surface area contributed by atoms with Gasteiger partial charge in [0, 0.05) is 5.69 Å². The van der Waals surface area contributed by atoms with Gasteiger partial charge in [-0.3, -0.25) is 4.79 Å². The van der Waals surface area contributed by atoms with Gasteiger partial charge in [0.1, 0.15) is 24.0 Å².